The van der Waals surface area contributed by atoms with Gasteiger partial charge >= 0.3 is 0 Å². The molecule has 0 radical (unpaired) electrons. The molecule has 4 bridgehead atoms. The van der Waals surface area contributed by atoms with E-state index in [4.69, 9.17) is 4.74 Å². The third-order valence-corrected chi connectivity index (χ3v) is 7.83. The van der Waals surface area contributed by atoms with Gasteiger partial charge in [0.1, 0.15) is 11.4 Å². The van der Waals surface area contributed by atoms with Crippen molar-refractivity contribution in [3.8, 4) is 0 Å². The van der Waals surface area contributed by atoms with E-state index in [0.717, 1.165) is 12.8 Å². The number of ketones is 1. The molecule has 0 aromatic rings. The predicted octanol–water partition coefficient (Wildman–Crippen LogP) is 2.17. The minimum absolute atomic E-state index is 0.127. The van der Waals surface area contributed by atoms with Crippen molar-refractivity contribution < 1.29 is 14.6 Å². The second kappa shape index (κ2) is 3.25. The van der Waals surface area contributed by atoms with Crippen LogP contribution in [-0.4, -0.2) is 29.7 Å². The zero-order valence-electron chi connectivity index (χ0n) is 12.1. The molecule has 1 N–H and O–H groups in total. The molecule has 4 aliphatic rings. The summed E-state index contributed by atoms with van der Waals surface area (Å²) in [7, 11) is 1.64. The van der Waals surface area contributed by atoms with E-state index in [2.05, 4.69) is 13.8 Å². The summed E-state index contributed by atoms with van der Waals surface area (Å²) in [5.74, 6) is 1.03. The number of hydrogen-bond donors (Lipinski definition) is 1. The normalized spacial score (nSPS) is 62.6. The van der Waals surface area contributed by atoms with Crippen LogP contribution in [0.5, 0.6) is 0 Å². The first-order valence-corrected chi connectivity index (χ1v) is 7.69. The Balaban J connectivity index is 1.94. The molecule has 0 heterocycles. The lowest BCUT2D eigenvalue weighted by Gasteiger charge is -2.54. The van der Waals surface area contributed by atoms with E-state index >= 15 is 0 Å². The Morgan fingerprint density at radius 1 is 1.37 bits per heavy atom. The minimum atomic E-state index is -0.915. The first-order valence-electron chi connectivity index (χ1n) is 7.69. The largest absolute Gasteiger partial charge is 0.386 e. The summed E-state index contributed by atoms with van der Waals surface area (Å²) in [4.78, 5) is 12.5. The van der Waals surface area contributed by atoms with Gasteiger partial charge < -0.3 is 9.84 Å². The van der Waals surface area contributed by atoms with Crippen molar-refractivity contribution in [2.45, 2.75) is 57.7 Å². The van der Waals surface area contributed by atoms with Crippen LogP contribution in [0, 0.1) is 28.6 Å². The van der Waals surface area contributed by atoms with Gasteiger partial charge in [0.15, 0.2) is 0 Å². The highest BCUT2D eigenvalue weighted by molar-refractivity contribution is 5.88. The second-order valence-corrected chi connectivity index (χ2v) is 7.75. The van der Waals surface area contributed by atoms with Crippen molar-refractivity contribution in [2.75, 3.05) is 7.11 Å². The highest BCUT2D eigenvalue weighted by Gasteiger charge is 2.83. The molecule has 0 aliphatic heterocycles. The molecule has 4 aliphatic carbocycles. The zero-order chi connectivity index (χ0) is 13.6. The van der Waals surface area contributed by atoms with Crippen LogP contribution >= 0.6 is 0 Å². The lowest BCUT2D eigenvalue weighted by Crippen LogP contribution is -2.60. The van der Waals surface area contributed by atoms with Crippen molar-refractivity contribution in [1.29, 1.82) is 0 Å². The maximum atomic E-state index is 12.5. The highest BCUT2D eigenvalue weighted by atomic mass is 16.5. The Hall–Kier alpha value is -0.410. The Bertz CT molecular complexity index is 461. The van der Waals surface area contributed by atoms with Gasteiger partial charge in [0.25, 0.3) is 0 Å². The lowest BCUT2D eigenvalue weighted by molar-refractivity contribution is -0.198. The fourth-order valence-electron chi connectivity index (χ4n) is 6.87. The molecule has 0 saturated heterocycles. The zero-order valence-corrected chi connectivity index (χ0v) is 12.1. The number of aliphatic hydroxyl groups is 1. The van der Waals surface area contributed by atoms with E-state index in [1.807, 2.05) is 0 Å². The third kappa shape index (κ3) is 0.964. The number of Topliss-reactive ketones (excluding diaryl/α,β-unsaturated/α-hetero) is 1. The molecule has 7 atom stereocenters. The van der Waals surface area contributed by atoms with E-state index in [1.54, 1.807) is 7.11 Å². The standard InChI is InChI=1S/C16H24O3/c1-14-6-4-5-9-7-10(14)13-11(17)8-12(19-3)16(13,18)15(9,14)2/h9-10,12-13,18H,4-8H2,1-3H3. The van der Waals surface area contributed by atoms with Crippen molar-refractivity contribution in [3.05, 3.63) is 0 Å². The molecule has 4 rings (SSSR count). The van der Waals surface area contributed by atoms with Gasteiger partial charge in [0, 0.05) is 18.9 Å². The molecule has 0 aromatic carbocycles. The number of rotatable bonds is 1. The van der Waals surface area contributed by atoms with E-state index in [1.165, 1.54) is 12.8 Å². The number of hydrogen-bond acceptors (Lipinski definition) is 3. The van der Waals surface area contributed by atoms with Crippen molar-refractivity contribution in [2.24, 2.45) is 28.6 Å². The Morgan fingerprint density at radius 2 is 2.11 bits per heavy atom. The summed E-state index contributed by atoms with van der Waals surface area (Å²) in [5, 5.41) is 11.5. The van der Waals surface area contributed by atoms with Crippen LogP contribution in [0.1, 0.15) is 46.0 Å². The predicted molar refractivity (Wildman–Crippen MR) is 70.5 cm³/mol. The fraction of sp³-hybridized carbons (Fsp3) is 0.938. The summed E-state index contributed by atoms with van der Waals surface area (Å²) in [6, 6.07) is 0. The molecule has 7 unspecified atom stereocenters. The van der Waals surface area contributed by atoms with Gasteiger partial charge in [-0.2, -0.15) is 0 Å². The van der Waals surface area contributed by atoms with Gasteiger partial charge in [-0.1, -0.05) is 20.3 Å². The molecule has 106 valence electrons. The smallest absolute Gasteiger partial charge is 0.141 e. The number of ether oxygens (including phenoxy) is 1. The molecule has 3 heteroatoms. The number of methoxy groups -OCH3 is 1. The van der Waals surface area contributed by atoms with E-state index in [0.29, 0.717) is 18.3 Å². The van der Waals surface area contributed by atoms with Crippen LogP contribution in [0.3, 0.4) is 0 Å². The number of carbonyl (C=O) groups excluding carboxylic acids is 1. The summed E-state index contributed by atoms with van der Waals surface area (Å²) in [5.41, 5.74) is -0.926. The van der Waals surface area contributed by atoms with Crippen LogP contribution in [0.15, 0.2) is 0 Å². The average Bonchev–Trinajstić information content (AvgIpc) is 2.73. The van der Waals surface area contributed by atoms with Gasteiger partial charge in [0.2, 0.25) is 0 Å². The Labute approximate surface area is 114 Å². The van der Waals surface area contributed by atoms with Crippen molar-refractivity contribution >= 4 is 5.78 Å². The SMILES string of the molecule is COC1CC(=O)C2C3CC4CCCC3(C)C4(C)C12O. The fourth-order valence-corrected chi connectivity index (χ4v) is 6.87. The monoisotopic (exact) mass is 264 g/mol. The molecular formula is C16H24O3. The van der Waals surface area contributed by atoms with E-state index in [9.17, 15) is 9.90 Å². The number of carbonyl (C=O) groups is 1. The average molecular weight is 264 g/mol. The highest BCUT2D eigenvalue weighted by Crippen LogP contribution is 2.80. The molecule has 0 spiro atoms. The first kappa shape index (κ1) is 12.3. The second-order valence-electron chi connectivity index (χ2n) is 7.75. The molecule has 0 amide bonds. The lowest BCUT2D eigenvalue weighted by atomic mass is 9.53. The van der Waals surface area contributed by atoms with Crippen LogP contribution in [0.4, 0.5) is 0 Å². The molecular weight excluding hydrogens is 240 g/mol. The van der Waals surface area contributed by atoms with Crippen LogP contribution in [-0.2, 0) is 9.53 Å². The summed E-state index contributed by atoms with van der Waals surface area (Å²) in [6.45, 7) is 4.58. The molecule has 4 saturated carbocycles. The van der Waals surface area contributed by atoms with Crippen molar-refractivity contribution in [3.63, 3.8) is 0 Å². The summed E-state index contributed by atoms with van der Waals surface area (Å²) in [6.07, 6.45) is 4.88. The van der Waals surface area contributed by atoms with Crippen LogP contribution in [0.25, 0.3) is 0 Å². The van der Waals surface area contributed by atoms with E-state index < -0.39 is 5.60 Å². The maximum Gasteiger partial charge on any atom is 0.141 e. The Kier molecular flexibility index (Phi) is 2.11. The quantitative estimate of drug-likeness (QED) is 0.789. The van der Waals surface area contributed by atoms with Gasteiger partial charge in [-0.3, -0.25) is 4.79 Å². The van der Waals surface area contributed by atoms with Crippen LogP contribution < -0.4 is 0 Å². The van der Waals surface area contributed by atoms with Crippen molar-refractivity contribution in [1.82, 2.24) is 0 Å². The minimum Gasteiger partial charge on any atom is -0.386 e. The topological polar surface area (TPSA) is 46.5 Å². The van der Waals surface area contributed by atoms with Gasteiger partial charge in [-0.25, -0.2) is 0 Å². The third-order valence-electron chi connectivity index (χ3n) is 7.83. The van der Waals surface area contributed by atoms with Gasteiger partial charge in [0.05, 0.1) is 12.0 Å². The van der Waals surface area contributed by atoms with Gasteiger partial charge in [-0.05, 0) is 36.5 Å². The van der Waals surface area contributed by atoms with Gasteiger partial charge in [-0.15, -0.1) is 0 Å². The molecule has 0 aromatic heterocycles. The Morgan fingerprint density at radius 3 is 2.79 bits per heavy atom. The van der Waals surface area contributed by atoms with E-state index in [-0.39, 0.29) is 28.6 Å². The molecule has 3 nitrogen and oxygen atoms in total. The first-order chi connectivity index (χ1) is 8.91. The molecule has 19 heavy (non-hydrogen) atoms. The van der Waals surface area contributed by atoms with Crippen LogP contribution in [0.2, 0.25) is 0 Å². The summed E-state index contributed by atoms with van der Waals surface area (Å²) < 4.78 is 5.56. The maximum absolute atomic E-state index is 12.5. The number of fused-ring (bicyclic) bond motifs is 2. The summed E-state index contributed by atoms with van der Waals surface area (Å²) >= 11 is 0. The molecule has 4 fully saturated rings.